The van der Waals surface area contributed by atoms with Crippen molar-refractivity contribution in [1.82, 2.24) is 5.32 Å². The average Bonchev–Trinajstić information content (AvgIpc) is 3.50. The zero-order valence-corrected chi connectivity index (χ0v) is 14.7. The molecular formula is C21H20N2O4. The molecule has 2 amide bonds. The quantitative estimate of drug-likeness (QED) is 0.800. The molecule has 1 aliphatic heterocycles. The molecule has 1 saturated carbocycles. The minimum atomic E-state index is -0.309. The highest BCUT2D eigenvalue weighted by atomic mass is 16.6. The van der Waals surface area contributed by atoms with E-state index in [1.54, 1.807) is 30.3 Å². The van der Waals surface area contributed by atoms with E-state index in [2.05, 4.69) is 10.6 Å². The van der Waals surface area contributed by atoms with Crippen LogP contribution < -0.4 is 20.1 Å². The number of amides is 2. The molecule has 0 aromatic heterocycles. The maximum atomic E-state index is 12.3. The first-order chi connectivity index (χ1) is 13.2. The number of hydrogen-bond donors (Lipinski definition) is 2. The zero-order valence-electron chi connectivity index (χ0n) is 14.7. The number of nitrogens with one attached hydrogen (secondary N) is 2. The van der Waals surface area contributed by atoms with Gasteiger partial charge in [-0.2, -0.15) is 0 Å². The van der Waals surface area contributed by atoms with Gasteiger partial charge in [0.2, 0.25) is 5.91 Å². The van der Waals surface area contributed by atoms with Gasteiger partial charge in [0.15, 0.2) is 11.5 Å². The molecule has 1 heterocycles. The van der Waals surface area contributed by atoms with Crippen LogP contribution in [0.3, 0.4) is 0 Å². The summed E-state index contributed by atoms with van der Waals surface area (Å²) in [5, 5.41) is 5.71. The number of ether oxygens (including phenoxy) is 2. The first kappa shape index (κ1) is 17.1. The highest BCUT2D eigenvalue weighted by Gasteiger charge is 2.24. The number of para-hydroxylation sites is 1. The SMILES string of the molecule is O=C(C=Cc1ccc2c(c1)OCCO2)Nc1ccccc1C(=O)NC1CC1. The van der Waals surface area contributed by atoms with Crippen LogP contribution in [0.25, 0.3) is 6.08 Å². The normalized spacial score (nSPS) is 15.4. The van der Waals surface area contributed by atoms with E-state index in [4.69, 9.17) is 9.47 Å². The Morgan fingerprint density at radius 2 is 1.78 bits per heavy atom. The molecule has 0 spiro atoms. The summed E-state index contributed by atoms with van der Waals surface area (Å²) in [6.45, 7) is 1.05. The largest absolute Gasteiger partial charge is 0.486 e. The molecule has 0 saturated heterocycles. The third kappa shape index (κ3) is 4.28. The van der Waals surface area contributed by atoms with Crippen LogP contribution in [0.2, 0.25) is 0 Å². The first-order valence-electron chi connectivity index (χ1n) is 8.98. The summed E-state index contributed by atoms with van der Waals surface area (Å²) in [6.07, 6.45) is 5.15. The smallest absolute Gasteiger partial charge is 0.253 e. The Labute approximate surface area is 157 Å². The Kier molecular flexibility index (Phi) is 4.78. The maximum absolute atomic E-state index is 12.3. The Morgan fingerprint density at radius 1 is 1.00 bits per heavy atom. The molecule has 27 heavy (non-hydrogen) atoms. The van der Waals surface area contributed by atoms with Gasteiger partial charge in [0, 0.05) is 12.1 Å². The Hall–Kier alpha value is -3.28. The van der Waals surface area contributed by atoms with Crippen LogP contribution in [0.4, 0.5) is 5.69 Å². The van der Waals surface area contributed by atoms with Crippen molar-refractivity contribution in [2.45, 2.75) is 18.9 Å². The molecule has 2 aromatic rings. The number of hydrogen-bond acceptors (Lipinski definition) is 4. The van der Waals surface area contributed by atoms with Crippen molar-refractivity contribution < 1.29 is 19.1 Å². The molecule has 138 valence electrons. The van der Waals surface area contributed by atoms with Crippen molar-refractivity contribution >= 4 is 23.6 Å². The summed E-state index contributed by atoms with van der Waals surface area (Å²) in [5.41, 5.74) is 1.78. The van der Waals surface area contributed by atoms with Crippen LogP contribution in [0.1, 0.15) is 28.8 Å². The fraction of sp³-hybridized carbons (Fsp3) is 0.238. The lowest BCUT2D eigenvalue weighted by molar-refractivity contribution is -0.111. The fourth-order valence-electron chi connectivity index (χ4n) is 2.79. The number of fused-ring (bicyclic) bond motifs is 1. The van der Waals surface area contributed by atoms with Crippen molar-refractivity contribution in [3.05, 3.63) is 59.7 Å². The van der Waals surface area contributed by atoms with Gasteiger partial charge in [0.05, 0.1) is 11.3 Å². The first-order valence-corrected chi connectivity index (χ1v) is 8.98. The van der Waals surface area contributed by atoms with Crippen molar-refractivity contribution in [3.63, 3.8) is 0 Å². The van der Waals surface area contributed by atoms with Gasteiger partial charge in [-0.25, -0.2) is 0 Å². The van der Waals surface area contributed by atoms with Gasteiger partial charge in [-0.05, 0) is 48.7 Å². The second-order valence-electron chi connectivity index (χ2n) is 6.52. The molecule has 0 bridgehead atoms. The van der Waals surface area contributed by atoms with Gasteiger partial charge < -0.3 is 20.1 Å². The Bertz CT molecular complexity index is 903. The van der Waals surface area contributed by atoms with Crippen LogP contribution in [0, 0.1) is 0 Å². The summed E-state index contributed by atoms with van der Waals surface area (Å²) in [4.78, 5) is 24.6. The summed E-state index contributed by atoms with van der Waals surface area (Å²) >= 11 is 0. The van der Waals surface area contributed by atoms with Crippen LogP contribution in [0.5, 0.6) is 11.5 Å². The molecule has 0 radical (unpaired) electrons. The summed E-state index contributed by atoms with van der Waals surface area (Å²) in [5.74, 6) is 0.908. The van der Waals surface area contributed by atoms with Crippen molar-refractivity contribution in [2.75, 3.05) is 18.5 Å². The lowest BCUT2D eigenvalue weighted by Gasteiger charge is -2.18. The van der Waals surface area contributed by atoms with Gasteiger partial charge in [-0.3, -0.25) is 9.59 Å². The zero-order chi connectivity index (χ0) is 18.6. The number of anilines is 1. The molecule has 2 aliphatic rings. The van der Waals surface area contributed by atoms with Crippen LogP contribution in [0.15, 0.2) is 48.5 Å². The molecule has 4 rings (SSSR count). The predicted molar refractivity (Wildman–Crippen MR) is 102 cm³/mol. The second kappa shape index (κ2) is 7.53. The minimum absolute atomic E-state index is 0.163. The summed E-state index contributed by atoms with van der Waals surface area (Å²) in [6, 6.07) is 12.8. The third-order valence-corrected chi connectivity index (χ3v) is 4.34. The van der Waals surface area contributed by atoms with Crippen molar-refractivity contribution in [3.8, 4) is 11.5 Å². The summed E-state index contributed by atoms with van der Waals surface area (Å²) < 4.78 is 11.0. The van der Waals surface area contributed by atoms with Gasteiger partial charge >= 0.3 is 0 Å². The van der Waals surface area contributed by atoms with E-state index in [-0.39, 0.29) is 17.9 Å². The molecule has 6 heteroatoms. The monoisotopic (exact) mass is 364 g/mol. The number of carbonyl (C=O) groups excluding carboxylic acids is 2. The molecule has 2 aromatic carbocycles. The second-order valence-corrected chi connectivity index (χ2v) is 6.52. The fourth-order valence-corrected chi connectivity index (χ4v) is 2.79. The molecule has 0 unspecified atom stereocenters. The van der Waals surface area contributed by atoms with Crippen molar-refractivity contribution in [2.24, 2.45) is 0 Å². The molecule has 2 N–H and O–H groups in total. The summed E-state index contributed by atoms with van der Waals surface area (Å²) in [7, 11) is 0. The highest BCUT2D eigenvalue weighted by molar-refractivity contribution is 6.07. The van der Waals surface area contributed by atoms with E-state index >= 15 is 0 Å². The van der Waals surface area contributed by atoms with E-state index < -0.39 is 0 Å². The van der Waals surface area contributed by atoms with Crippen LogP contribution >= 0.6 is 0 Å². The van der Waals surface area contributed by atoms with Crippen LogP contribution in [-0.2, 0) is 4.79 Å². The van der Waals surface area contributed by atoms with Gasteiger partial charge in [0.1, 0.15) is 13.2 Å². The van der Waals surface area contributed by atoms with Gasteiger partial charge in [0.25, 0.3) is 5.91 Å². The highest BCUT2D eigenvalue weighted by Crippen LogP contribution is 2.31. The average molecular weight is 364 g/mol. The molecule has 1 aliphatic carbocycles. The lowest BCUT2D eigenvalue weighted by Crippen LogP contribution is -2.26. The van der Waals surface area contributed by atoms with E-state index in [1.807, 2.05) is 18.2 Å². The topological polar surface area (TPSA) is 76.7 Å². The number of benzene rings is 2. The van der Waals surface area contributed by atoms with E-state index in [9.17, 15) is 9.59 Å². The number of rotatable bonds is 5. The standard InChI is InChI=1S/C21H20N2O4/c24-20(10-6-14-5-9-18-19(13-14)27-12-11-26-18)23-17-4-2-1-3-16(17)21(25)22-15-7-8-15/h1-6,9-10,13,15H,7-8,11-12H2,(H,22,25)(H,23,24). The van der Waals surface area contributed by atoms with Gasteiger partial charge in [-0.1, -0.05) is 18.2 Å². The van der Waals surface area contributed by atoms with E-state index in [0.717, 1.165) is 18.4 Å². The molecule has 1 fully saturated rings. The van der Waals surface area contributed by atoms with Crippen molar-refractivity contribution in [1.29, 1.82) is 0 Å². The third-order valence-electron chi connectivity index (χ3n) is 4.34. The Balaban J connectivity index is 1.43. The molecular weight excluding hydrogens is 344 g/mol. The molecule has 0 atom stereocenters. The molecule has 6 nitrogen and oxygen atoms in total. The van der Waals surface area contributed by atoms with E-state index in [1.165, 1.54) is 6.08 Å². The Morgan fingerprint density at radius 3 is 2.59 bits per heavy atom. The number of carbonyl (C=O) groups is 2. The van der Waals surface area contributed by atoms with Gasteiger partial charge in [-0.15, -0.1) is 0 Å². The lowest BCUT2D eigenvalue weighted by atomic mass is 10.1. The van der Waals surface area contributed by atoms with Crippen LogP contribution in [-0.4, -0.2) is 31.1 Å². The maximum Gasteiger partial charge on any atom is 0.253 e. The van der Waals surface area contributed by atoms with E-state index in [0.29, 0.717) is 36.0 Å². The minimum Gasteiger partial charge on any atom is -0.486 e. The predicted octanol–water partition coefficient (Wildman–Crippen LogP) is 3.00.